The molecule has 3 nitrogen and oxygen atoms in total. The van der Waals surface area contributed by atoms with Crippen LogP contribution in [0.2, 0.25) is 0 Å². The van der Waals surface area contributed by atoms with Crippen LogP contribution in [-0.2, 0) is 12.8 Å². The standard InChI is InChI=1S/C20H29N3.ClH/c21-20(17-23-15-12-19-9-5-2-6-10-19)13-16-22-14-11-18-7-3-1-4-8-18;/h1-10,20,22-23H,11-17,21H2;1H. The summed E-state index contributed by atoms with van der Waals surface area (Å²) in [5.74, 6) is 0. The lowest BCUT2D eigenvalue weighted by Gasteiger charge is -2.13. The molecule has 4 heteroatoms. The first kappa shape index (κ1) is 20.7. The molecule has 0 heterocycles. The minimum Gasteiger partial charge on any atom is -0.327 e. The van der Waals surface area contributed by atoms with Crippen molar-refractivity contribution in [2.24, 2.45) is 5.73 Å². The molecular formula is C20H30ClN3. The molecule has 2 aromatic carbocycles. The van der Waals surface area contributed by atoms with Gasteiger partial charge in [0.2, 0.25) is 0 Å². The predicted molar refractivity (Wildman–Crippen MR) is 106 cm³/mol. The Balaban J connectivity index is 0.00000288. The largest absolute Gasteiger partial charge is 0.327 e. The monoisotopic (exact) mass is 347 g/mol. The fourth-order valence-electron chi connectivity index (χ4n) is 2.56. The molecule has 0 fully saturated rings. The molecule has 2 aromatic rings. The molecule has 0 saturated carbocycles. The highest BCUT2D eigenvalue weighted by atomic mass is 35.5. The number of rotatable bonds is 11. The van der Waals surface area contributed by atoms with Crippen LogP contribution in [0.1, 0.15) is 17.5 Å². The fourth-order valence-corrected chi connectivity index (χ4v) is 2.56. The Hall–Kier alpha value is -1.39. The van der Waals surface area contributed by atoms with Crippen LogP contribution in [0.15, 0.2) is 60.7 Å². The van der Waals surface area contributed by atoms with Gasteiger partial charge in [0.25, 0.3) is 0 Å². The van der Waals surface area contributed by atoms with Crippen molar-refractivity contribution in [1.29, 1.82) is 0 Å². The van der Waals surface area contributed by atoms with E-state index in [0.29, 0.717) is 0 Å². The summed E-state index contributed by atoms with van der Waals surface area (Å²) in [4.78, 5) is 0. The fraction of sp³-hybridized carbons (Fsp3) is 0.400. The molecule has 0 spiro atoms. The van der Waals surface area contributed by atoms with Crippen molar-refractivity contribution < 1.29 is 0 Å². The van der Waals surface area contributed by atoms with Gasteiger partial charge in [-0.3, -0.25) is 0 Å². The minimum absolute atomic E-state index is 0. The first-order chi connectivity index (χ1) is 11.3. The van der Waals surface area contributed by atoms with Gasteiger partial charge in [0, 0.05) is 12.6 Å². The third kappa shape index (κ3) is 9.04. The lowest BCUT2D eigenvalue weighted by Crippen LogP contribution is -2.37. The Labute approximate surface area is 152 Å². The van der Waals surface area contributed by atoms with Crippen LogP contribution in [0.25, 0.3) is 0 Å². The topological polar surface area (TPSA) is 50.1 Å². The van der Waals surface area contributed by atoms with Gasteiger partial charge < -0.3 is 16.4 Å². The van der Waals surface area contributed by atoms with Gasteiger partial charge in [-0.05, 0) is 50.0 Å². The van der Waals surface area contributed by atoms with E-state index in [0.717, 1.165) is 45.4 Å². The highest BCUT2D eigenvalue weighted by Crippen LogP contribution is 1.99. The number of hydrogen-bond donors (Lipinski definition) is 3. The summed E-state index contributed by atoms with van der Waals surface area (Å²) >= 11 is 0. The SMILES string of the molecule is Cl.NC(CCNCCc1ccccc1)CNCCc1ccccc1. The van der Waals surface area contributed by atoms with E-state index in [-0.39, 0.29) is 18.4 Å². The van der Waals surface area contributed by atoms with E-state index < -0.39 is 0 Å². The molecule has 0 radical (unpaired) electrons. The molecule has 0 saturated heterocycles. The maximum Gasteiger partial charge on any atom is 0.0177 e. The Morgan fingerprint density at radius 3 is 1.75 bits per heavy atom. The summed E-state index contributed by atoms with van der Waals surface area (Å²) < 4.78 is 0. The second kappa shape index (κ2) is 13.0. The van der Waals surface area contributed by atoms with Gasteiger partial charge in [0.1, 0.15) is 0 Å². The first-order valence-electron chi connectivity index (χ1n) is 8.59. The van der Waals surface area contributed by atoms with Gasteiger partial charge in [-0.1, -0.05) is 60.7 Å². The van der Waals surface area contributed by atoms with Gasteiger partial charge in [0.05, 0.1) is 0 Å². The maximum atomic E-state index is 6.14. The van der Waals surface area contributed by atoms with E-state index in [2.05, 4.69) is 71.3 Å². The maximum absolute atomic E-state index is 6.14. The zero-order valence-corrected chi connectivity index (χ0v) is 15.1. The van der Waals surface area contributed by atoms with E-state index >= 15 is 0 Å². The number of nitrogens with two attached hydrogens (primary N) is 1. The summed E-state index contributed by atoms with van der Waals surface area (Å²) in [5.41, 5.74) is 8.90. The molecule has 2 rings (SSSR count). The third-order valence-electron chi connectivity index (χ3n) is 3.96. The van der Waals surface area contributed by atoms with Crippen LogP contribution < -0.4 is 16.4 Å². The molecule has 0 bridgehead atoms. The van der Waals surface area contributed by atoms with E-state index in [1.165, 1.54) is 11.1 Å². The van der Waals surface area contributed by atoms with Gasteiger partial charge in [-0.2, -0.15) is 0 Å². The molecule has 1 unspecified atom stereocenters. The molecule has 4 N–H and O–H groups in total. The first-order valence-corrected chi connectivity index (χ1v) is 8.59. The number of halogens is 1. The van der Waals surface area contributed by atoms with Gasteiger partial charge in [-0.25, -0.2) is 0 Å². The molecule has 0 aliphatic carbocycles. The third-order valence-corrected chi connectivity index (χ3v) is 3.96. The molecule has 0 aliphatic heterocycles. The smallest absolute Gasteiger partial charge is 0.0177 e. The molecule has 0 aromatic heterocycles. The quantitative estimate of drug-likeness (QED) is 0.548. The molecule has 24 heavy (non-hydrogen) atoms. The summed E-state index contributed by atoms with van der Waals surface area (Å²) in [6, 6.07) is 21.3. The highest BCUT2D eigenvalue weighted by Gasteiger charge is 2.01. The normalized spacial score (nSPS) is 11.7. The zero-order valence-electron chi connectivity index (χ0n) is 14.3. The zero-order chi connectivity index (χ0) is 16.2. The van der Waals surface area contributed by atoms with Crippen molar-refractivity contribution in [3.8, 4) is 0 Å². The predicted octanol–water partition coefficient (Wildman–Crippen LogP) is 2.79. The van der Waals surface area contributed by atoms with Crippen molar-refractivity contribution in [2.45, 2.75) is 25.3 Å². The number of benzene rings is 2. The van der Waals surface area contributed by atoms with Crippen LogP contribution in [0.4, 0.5) is 0 Å². The average Bonchev–Trinajstić information content (AvgIpc) is 2.60. The Kier molecular flexibility index (Phi) is 11.2. The average molecular weight is 348 g/mol. The second-order valence-electron chi connectivity index (χ2n) is 5.97. The second-order valence-corrected chi connectivity index (χ2v) is 5.97. The summed E-state index contributed by atoms with van der Waals surface area (Å²) in [7, 11) is 0. The summed E-state index contributed by atoms with van der Waals surface area (Å²) in [6.07, 6.45) is 3.14. The Morgan fingerprint density at radius 1 is 0.708 bits per heavy atom. The summed E-state index contributed by atoms with van der Waals surface area (Å²) in [6.45, 7) is 3.86. The van der Waals surface area contributed by atoms with Crippen molar-refractivity contribution in [1.82, 2.24) is 10.6 Å². The Bertz CT molecular complexity index is 519. The molecule has 132 valence electrons. The highest BCUT2D eigenvalue weighted by molar-refractivity contribution is 5.85. The molecular weight excluding hydrogens is 318 g/mol. The van der Waals surface area contributed by atoms with Crippen molar-refractivity contribution in [3.05, 3.63) is 71.8 Å². The van der Waals surface area contributed by atoms with Gasteiger partial charge >= 0.3 is 0 Å². The van der Waals surface area contributed by atoms with Crippen molar-refractivity contribution in [2.75, 3.05) is 26.2 Å². The van der Waals surface area contributed by atoms with Crippen LogP contribution >= 0.6 is 12.4 Å². The number of nitrogens with one attached hydrogen (secondary N) is 2. The van der Waals surface area contributed by atoms with E-state index in [4.69, 9.17) is 5.73 Å². The van der Waals surface area contributed by atoms with Crippen LogP contribution in [0.5, 0.6) is 0 Å². The minimum atomic E-state index is 0. The van der Waals surface area contributed by atoms with Gasteiger partial charge in [-0.15, -0.1) is 12.4 Å². The van der Waals surface area contributed by atoms with Crippen LogP contribution in [0.3, 0.4) is 0 Å². The molecule has 0 amide bonds. The molecule has 1 atom stereocenters. The Morgan fingerprint density at radius 2 is 1.21 bits per heavy atom. The van der Waals surface area contributed by atoms with Crippen molar-refractivity contribution in [3.63, 3.8) is 0 Å². The lowest BCUT2D eigenvalue weighted by molar-refractivity contribution is 0.521. The van der Waals surface area contributed by atoms with Crippen LogP contribution in [-0.4, -0.2) is 32.2 Å². The van der Waals surface area contributed by atoms with E-state index in [9.17, 15) is 0 Å². The van der Waals surface area contributed by atoms with E-state index in [1.54, 1.807) is 0 Å². The van der Waals surface area contributed by atoms with Crippen molar-refractivity contribution >= 4 is 12.4 Å². The van der Waals surface area contributed by atoms with E-state index in [1.807, 2.05) is 0 Å². The number of hydrogen-bond acceptors (Lipinski definition) is 3. The molecule has 0 aliphatic rings. The lowest BCUT2D eigenvalue weighted by atomic mass is 10.1. The van der Waals surface area contributed by atoms with Gasteiger partial charge in [0.15, 0.2) is 0 Å². The summed E-state index contributed by atoms with van der Waals surface area (Å²) in [5, 5.41) is 6.92. The van der Waals surface area contributed by atoms with Crippen LogP contribution in [0, 0.1) is 0 Å².